The smallest absolute Gasteiger partial charge is 0.120 e. The van der Waals surface area contributed by atoms with Crippen LogP contribution in [0.25, 0.3) is 0 Å². The standard InChI is InChI=1S/C21H26O2/c1-4-11-21(2)12-9-18-17-8-6-16(23-3)14-15(17)5-7-19(18)20(21)10-13-22/h6,8,13-14,18-20H,5,7,9-10,12H2,1-3H3. The molecule has 0 N–H and O–H groups in total. The number of hydrogen-bond donors (Lipinski definition) is 0. The molecular weight excluding hydrogens is 284 g/mol. The molecule has 0 aromatic heterocycles. The number of ether oxygens (including phenoxy) is 1. The fourth-order valence-corrected chi connectivity index (χ4v) is 4.99. The van der Waals surface area contributed by atoms with Crippen LogP contribution in [0, 0.1) is 29.1 Å². The van der Waals surface area contributed by atoms with Gasteiger partial charge in [-0.3, -0.25) is 0 Å². The molecule has 0 spiro atoms. The molecule has 0 aliphatic heterocycles. The van der Waals surface area contributed by atoms with Gasteiger partial charge in [0.2, 0.25) is 0 Å². The number of rotatable bonds is 3. The van der Waals surface area contributed by atoms with Crippen molar-refractivity contribution in [1.82, 2.24) is 0 Å². The van der Waals surface area contributed by atoms with Gasteiger partial charge >= 0.3 is 0 Å². The molecule has 23 heavy (non-hydrogen) atoms. The summed E-state index contributed by atoms with van der Waals surface area (Å²) in [5.74, 6) is 9.02. The first-order valence-corrected chi connectivity index (χ1v) is 8.67. The molecule has 2 nitrogen and oxygen atoms in total. The molecule has 1 fully saturated rings. The molecule has 4 unspecified atom stereocenters. The predicted octanol–water partition coefficient (Wildman–Crippen LogP) is 4.37. The molecule has 0 radical (unpaired) electrons. The van der Waals surface area contributed by atoms with Crippen molar-refractivity contribution in [2.75, 3.05) is 7.11 Å². The highest BCUT2D eigenvalue weighted by atomic mass is 16.5. The van der Waals surface area contributed by atoms with Crippen LogP contribution in [-0.2, 0) is 11.2 Å². The van der Waals surface area contributed by atoms with Crippen molar-refractivity contribution in [2.24, 2.45) is 17.3 Å². The van der Waals surface area contributed by atoms with E-state index in [1.165, 1.54) is 17.5 Å². The van der Waals surface area contributed by atoms with E-state index in [4.69, 9.17) is 4.74 Å². The average molecular weight is 310 g/mol. The molecule has 0 saturated heterocycles. The topological polar surface area (TPSA) is 26.3 Å². The summed E-state index contributed by atoms with van der Waals surface area (Å²) in [4.78, 5) is 11.3. The van der Waals surface area contributed by atoms with Crippen LogP contribution in [0.2, 0.25) is 0 Å². The number of carbonyl (C=O) groups is 1. The molecule has 1 aromatic carbocycles. The highest BCUT2D eigenvalue weighted by molar-refractivity contribution is 5.51. The summed E-state index contributed by atoms with van der Waals surface area (Å²) < 4.78 is 5.38. The van der Waals surface area contributed by atoms with E-state index in [0.717, 1.165) is 31.3 Å². The second-order valence-corrected chi connectivity index (χ2v) is 7.21. The van der Waals surface area contributed by atoms with Crippen LogP contribution in [0.15, 0.2) is 18.2 Å². The molecule has 3 rings (SSSR count). The number of benzene rings is 1. The lowest BCUT2D eigenvalue weighted by Crippen LogP contribution is -2.42. The zero-order valence-electron chi connectivity index (χ0n) is 14.4. The van der Waals surface area contributed by atoms with Gasteiger partial charge in [-0.25, -0.2) is 0 Å². The minimum Gasteiger partial charge on any atom is -0.497 e. The lowest BCUT2D eigenvalue weighted by Gasteiger charge is -2.49. The van der Waals surface area contributed by atoms with Crippen LogP contribution < -0.4 is 4.74 Å². The van der Waals surface area contributed by atoms with E-state index in [-0.39, 0.29) is 5.41 Å². The molecule has 2 aliphatic carbocycles. The van der Waals surface area contributed by atoms with Gasteiger partial charge < -0.3 is 9.53 Å². The molecule has 1 saturated carbocycles. The van der Waals surface area contributed by atoms with Crippen molar-refractivity contribution in [3.8, 4) is 17.6 Å². The highest BCUT2D eigenvalue weighted by Crippen LogP contribution is 2.55. The van der Waals surface area contributed by atoms with Crippen LogP contribution in [0.3, 0.4) is 0 Å². The summed E-state index contributed by atoms with van der Waals surface area (Å²) in [6.45, 7) is 4.18. The molecule has 0 bridgehead atoms. The molecule has 4 atom stereocenters. The van der Waals surface area contributed by atoms with Crippen LogP contribution >= 0.6 is 0 Å². The van der Waals surface area contributed by atoms with Gasteiger partial charge in [0.1, 0.15) is 12.0 Å². The monoisotopic (exact) mass is 310 g/mol. The van der Waals surface area contributed by atoms with Crippen LogP contribution in [0.1, 0.15) is 56.6 Å². The van der Waals surface area contributed by atoms with E-state index in [2.05, 4.69) is 37.0 Å². The van der Waals surface area contributed by atoms with Crippen molar-refractivity contribution in [1.29, 1.82) is 0 Å². The van der Waals surface area contributed by atoms with E-state index < -0.39 is 0 Å². The number of fused-ring (bicyclic) bond motifs is 3. The zero-order chi connectivity index (χ0) is 16.4. The second kappa shape index (κ2) is 6.40. The Labute approximate surface area is 139 Å². The number of methoxy groups -OCH3 is 1. The first-order valence-electron chi connectivity index (χ1n) is 8.67. The van der Waals surface area contributed by atoms with Crippen LogP contribution in [0.5, 0.6) is 5.75 Å². The lowest BCUT2D eigenvalue weighted by atomic mass is 9.54. The average Bonchev–Trinajstić information content (AvgIpc) is 2.57. The third kappa shape index (κ3) is 2.78. The van der Waals surface area contributed by atoms with Crippen molar-refractivity contribution >= 4 is 6.29 Å². The van der Waals surface area contributed by atoms with E-state index in [1.54, 1.807) is 7.11 Å². The van der Waals surface area contributed by atoms with Crippen molar-refractivity contribution < 1.29 is 9.53 Å². The molecule has 2 aliphatic rings. The second-order valence-electron chi connectivity index (χ2n) is 7.21. The quantitative estimate of drug-likeness (QED) is 0.612. The molecule has 1 aromatic rings. The number of aryl methyl sites for hydroxylation is 1. The van der Waals surface area contributed by atoms with Gasteiger partial charge in [-0.15, -0.1) is 5.92 Å². The third-order valence-corrected chi connectivity index (χ3v) is 6.08. The lowest BCUT2D eigenvalue weighted by molar-refractivity contribution is -0.110. The van der Waals surface area contributed by atoms with Gasteiger partial charge in [0.05, 0.1) is 7.11 Å². The fourth-order valence-electron chi connectivity index (χ4n) is 4.99. The van der Waals surface area contributed by atoms with Crippen LogP contribution in [-0.4, -0.2) is 13.4 Å². The summed E-state index contributed by atoms with van der Waals surface area (Å²) in [7, 11) is 1.73. The summed E-state index contributed by atoms with van der Waals surface area (Å²) in [5.41, 5.74) is 2.89. The predicted molar refractivity (Wildman–Crippen MR) is 92.5 cm³/mol. The van der Waals surface area contributed by atoms with Gasteiger partial charge in [0.15, 0.2) is 0 Å². The maximum Gasteiger partial charge on any atom is 0.120 e. The van der Waals surface area contributed by atoms with Crippen molar-refractivity contribution in [3.05, 3.63) is 29.3 Å². The Hall–Kier alpha value is -1.75. The zero-order valence-corrected chi connectivity index (χ0v) is 14.4. The largest absolute Gasteiger partial charge is 0.497 e. The van der Waals surface area contributed by atoms with E-state index in [0.29, 0.717) is 24.2 Å². The minimum atomic E-state index is -0.0131. The summed E-state index contributed by atoms with van der Waals surface area (Å²) in [5, 5.41) is 0. The number of carbonyl (C=O) groups excluding carboxylic acids is 1. The van der Waals surface area contributed by atoms with Gasteiger partial charge in [-0.1, -0.05) is 12.0 Å². The Balaban J connectivity index is 1.96. The Kier molecular flexibility index (Phi) is 4.48. The normalized spacial score (nSPS) is 32.0. The Morgan fingerprint density at radius 1 is 1.39 bits per heavy atom. The summed E-state index contributed by atoms with van der Waals surface area (Å²) >= 11 is 0. The van der Waals surface area contributed by atoms with Gasteiger partial charge in [0.25, 0.3) is 0 Å². The third-order valence-electron chi connectivity index (χ3n) is 6.08. The molecule has 122 valence electrons. The van der Waals surface area contributed by atoms with E-state index >= 15 is 0 Å². The SMILES string of the molecule is CC#CC1(C)CCC2c3ccc(OC)cc3CCC2C1CC=O. The summed E-state index contributed by atoms with van der Waals surface area (Å²) in [6, 6.07) is 6.52. The molecule has 0 amide bonds. The van der Waals surface area contributed by atoms with Crippen molar-refractivity contribution in [3.63, 3.8) is 0 Å². The Bertz CT molecular complexity index is 652. The minimum absolute atomic E-state index is 0.0131. The van der Waals surface area contributed by atoms with E-state index in [9.17, 15) is 4.79 Å². The van der Waals surface area contributed by atoms with Crippen molar-refractivity contribution in [2.45, 2.75) is 51.9 Å². The van der Waals surface area contributed by atoms with Crippen LogP contribution in [0.4, 0.5) is 0 Å². The summed E-state index contributed by atoms with van der Waals surface area (Å²) in [6.07, 6.45) is 6.23. The van der Waals surface area contributed by atoms with Gasteiger partial charge in [-0.2, -0.15) is 0 Å². The molecule has 2 heteroatoms. The molecule has 0 heterocycles. The highest BCUT2D eigenvalue weighted by Gasteiger charge is 2.47. The first kappa shape index (κ1) is 16.1. The van der Waals surface area contributed by atoms with Gasteiger partial charge in [-0.05, 0) is 80.5 Å². The van der Waals surface area contributed by atoms with Gasteiger partial charge in [0, 0.05) is 11.8 Å². The van der Waals surface area contributed by atoms with E-state index in [1.807, 2.05) is 6.92 Å². The number of hydrogen-bond acceptors (Lipinski definition) is 2. The Morgan fingerprint density at radius 3 is 2.91 bits per heavy atom. The maximum absolute atomic E-state index is 11.3. The first-order chi connectivity index (χ1) is 11.1. The number of aldehydes is 1. The molecular formula is C21H26O2. The Morgan fingerprint density at radius 2 is 2.22 bits per heavy atom. The fraction of sp³-hybridized carbons (Fsp3) is 0.571. The maximum atomic E-state index is 11.3.